The number of aromatic hydroxyl groups is 1. The van der Waals surface area contributed by atoms with Gasteiger partial charge in [0.25, 0.3) is 0 Å². The van der Waals surface area contributed by atoms with Crippen LogP contribution in [0.3, 0.4) is 0 Å². The standard InChI is InChI=1S/C24H25NO5/c1-2-15-10-18-17(12-24(27)30-22(18)13-20(15)26)14-25-7-3-4-19(25)16-5-6-21-23(11-16)29-9-8-28-21/h5-6,10-13,19,26H,2-4,7-9,14H2,1H3/p+1/t19-/m1/s1. The third-order valence-corrected chi connectivity index (χ3v) is 6.28. The van der Waals surface area contributed by atoms with Crippen LogP contribution in [-0.4, -0.2) is 24.9 Å². The summed E-state index contributed by atoms with van der Waals surface area (Å²) in [5.74, 6) is 1.80. The third kappa shape index (κ3) is 3.41. The van der Waals surface area contributed by atoms with E-state index in [-0.39, 0.29) is 11.4 Å². The van der Waals surface area contributed by atoms with E-state index in [0.717, 1.165) is 60.4 Å². The highest BCUT2D eigenvalue weighted by atomic mass is 16.6. The quantitative estimate of drug-likeness (QED) is 0.650. The highest BCUT2D eigenvalue weighted by Gasteiger charge is 2.31. The van der Waals surface area contributed by atoms with Gasteiger partial charge in [-0.05, 0) is 36.2 Å². The first kappa shape index (κ1) is 19.0. The molecule has 156 valence electrons. The summed E-state index contributed by atoms with van der Waals surface area (Å²) in [5.41, 5.74) is 3.14. The summed E-state index contributed by atoms with van der Waals surface area (Å²) in [6, 6.07) is 11.7. The molecule has 0 spiro atoms. The Hall–Kier alpha value is -2.99. The molecule has 6 nitrogen and oxygen atoms in total. The molecule has 0 saturated carbocycles. The van der Waals surface area contributed by atoms with Crippen molar-refractivity contribution in [1.29, 1.82) is 0 Å². The number of likely N-dealkylation sites (tertiary alicyclic amines) is 1. The van der Waals surface area contributed by atoms with Crippen LogP contribution < -0.4 is 20.0 Å². The first-order valence-electron chi connectivity index (χ1n) is 10.6. The van der Waals surface area contributed by atoms with E-state index in [1.807, 2.05) is 19.1 Å². The first-order valence-corrected chi connectivity index (χ1v) is 10.6. The molecule has 1 aromatic heterocycles. The molecule has 3 heterocycles. The summed E-state index contributed by atoms with van der Waals surface area (Å²) >= 11 is 0. The monoisotopic (exact) mass is 408 g/mol. The number of nitrogens with one attached hydrogen (secondary N) is 1. The van der Waals surface area contributed by atoms with E-state index in [9.17, 15) is 9.90 Å². The van der Waals surface area contributed by atoms with Gasteiger partial charge >= 0.3 is 5.63 Å². The number of phenols is 1. The molecular weight excluding hydrogens is 382 g/mol. The van der Waals surface area contributed by atoms with Crippen LogP contribution in [0.25, 0.3) is 11.0 Å². The van der Waals surface area contributed by atoms with Crippen LogP contribution in [0.15, 0.2) is 45.6 Å². The lowest BCUT2D eigenvalue weighted by Gasteiger charge is -2.24. The zero-order chi connectivity index (χ0) is 20.7. The Bertz CT molecular complexity index is 1150. The Morgan fingerprint density at radius 2 is 1.90 bits per heavy atom. The second-order valence-corrected chi connectivity index (χ2v) is 8.10. The summed E-state index contributed by atoms with van der Waals surface area (Å²) in [6.45, 7) is 4.94. The van der Waals surface area contributed by atoms with Crippen molar-refractivity contribution in [3.8, 4) is 17.2 Å². The van der Waals surface area contributed by atoms with Gasteiger partial charge in [0.1, 0.15) is 37.1 Å². The van der Waals surface area contributed by atoms with Crippen LogP contribution in [-0.2, 0) is 13.0 Å². The van der Waals surface area contributed by atoms with E-state index >= 15 is 0 Å². The van der Waals surface area contributed by atoms with Gasteiger partial charge in [-0.15, -0.1) is 0 Å². The molecule has 6 heteroatoms. The summed E-state index contributed by atoms with van der Waals surface area (Å²) < 4.78 is 16.8. The Kier molecular flexibility index (Phi) is 4.87. The normalized spacial score (nSPS) is 20.6. The molecule has 1 saturated heterocycles. The number of benzene rings is 2. The molecule has 3 aromatic rings. The molecule has 1 unspecified atom stereocenters. The smallest absolute Gasteiger partial charge is 0.336 e. The molecule has 0 bridgehead atoms. The second kappa shape index (κ2) is 7.69. The number of fused-ring (bicyclic) bond motifs is 2. The molecule has 0 aliphatic carbocycles. The van der Waals surface area contributed by atoms with Crippen LogP contribution in [0, 0.1) is 0 Å². The van der Waals surface area contributed by atoms with E-state index < -0.39 is 0 Å². The number of aryl methyl sites for hydroxylation is 1. The Morgan fingerprint density at radius 3 is 2.73 bits per heavy atom. The van der Waals surface area contributed by atoms with Crippen molar-refractivity contribution in [2.45, 2.75) is 38.8 Å². The maximum absolute atomic E-state index is 12.2. The number of phenolic OH excluding ortho intramolecular Hbond substituents is 1. The van der Waals surface area contributed by atoms with Gasteiger partial charge in [0.2, 0.25) is 0 Å². The largest absolute Gasteiger partial charge is 0.508 e. The van der Waals surface area contributed by atoms with Crippen molar-refractivity contribution in [3.05, 3.63) is 63.5 Å². The van der Waals surface area contributed by atoms with Gasteiger partial charge in [-0.1, -0.05) is 6.92 Å². The van der Waals surface area contributed by atoms with E-state index in [4.69, 9.17) is 13.9 Å². The fourth-order valence-electron chi connectivity index (χ4n) is 4.78. The number of rotatable bonds is 4. The van der Waals surface area contributed by atoms with Crippen LogP contribution >= 0.6 is 0 Å². The van der Waals surface area contributed by atoms with E-state index in [1.165, 1.54) is 10.5 Å². The van der Waals surface area contributed by atoms with Crippen molar-refractivity contribution < 1.29 is 23.9 Å². The summed E-state index contributed by atoms with van der Waals surface area (Å²) in [7, 11) is 0. The van der Waals surface area contributed by atoms with Crippen molar-refractivity contribution in [2.75, 3.05) is 19.8 Å². The average molecular weight is 408 g/mol. The Morgan fingerprint density at radius 1 is 1.07 bits per heavy atom. The van der Waals surface area contributed by atoms with Crippen LogP contribution in [0.2, 0.25) is 0 Å². The average Bonchev–Trinajstić information content (AvgIpc) is 3.21. The predicted molar refractivity (Wildman–Crippen MR) is 112 cm³/mol. The molecule has 2 N–H and O–H groups in total. The van der Waals surface area contributed by atoms with E-state index in [2.05, 4.69) is 12.1 Å². The molecular formula is C24H26NO5+. The number of hydrogen-bond acceptors (Lipinski definition) is 5. The lowest BCUT2D eigenvalue weighted by molar-refractivity contribution is -0.931. The zero-order valence-corrected chi connectivity index (χ0v) is 17.1. The van der Waals surface area contributed by atoms with E-state index in [0.29, 0.717) is 24.8 Å². The number of hydrogen-bond donors (Lipinski definition) is 2. The molecule has 5 rings (SSSR count). The molecule has 0 amide bonds. The van der Waals surface area contributed by atoms with Crippen LogP contribution in [0.1, 0.15) is 42.5 Å². The van der Waals surface area contributed by atoms with Crippen LogP contribution in [0.4, 0.5) is 0 Å². The van der Waals surface area contributed by atoms with Gasteiger partial charge < -0.3 is 23.9 Å². The van der Waals surface area contributed by atoms with Gasteiger partial charge in [0.15, 0.2) is 11.5 Å². The highest BCUT2D eigenvalue weighted by molar-refractivity contribution is 5.82. The molecule has 1 fully saturated rings. The molecule has 2 aromatic carbocycles. The van der Waals surface area contributed by atoms with Gasteiger partial charge in [-0.2, -0.15) is 0 Å². The fraction of sp³-hybridized carbons (Fsp3) is 0.375. The SMILES string of the molecule is CCc1cc2c(C[NH+]3CCC[C@@H]3c3ccc4c(c3)OCCO4)cc(=O)oc2cc1O. The van der Waals surface area contributed by atoms with E-state index in [1.54, 1.807) is 12.1 Å². The topological polar surface area (TPSA) is 73.3 Å². The van der Waals surface area contributed by atoms with Crippen LogP contribution in [0.5, 0.6) is 17.2 Å². The Labute approximate surface area is 174 Å². The molecule has 30 heavy (non-hydrogen) atoms. The zero-order valence-electron chi connectivity index (χ0n) is 17.1. The summed E-state index contributed by atoms with van der Waals surface area (Å²) in [4.78, 5) is 13.6. The predicted octanol–water partition coefficient (Wildman–Crippen LogP) is 2.75. The van der Waals surface area contributed by atoms with Crippen molar-refractivity contribution in [1.82, 2.24) is 0 Å². The Balaban J connectivity index is 1.49. The van der Waals surface area contributed by atoms with Crippen molar-refractivity contribution in [2.24, 2.45) is 0 Å². The fourth-order valence-corrected chi connectivity index (χ4v) is 4.78. The molecule has 2 atom stereocenters. The van der Waals surface area contributed by atoms with Gasteiger partial charge in [0.05, 0.1) is 6.54 Å². The van der Waals surface area contributed by atoms with Crippen molar-refractivity contribution in [3.63, 3.8) is 0 Å². The summed E-state index contributed by atoms with van der Waals surface area (Å²) in [5, 5.41) is 11.1. The van der Waals surface area contributed by atoms with Gasteiger partial charge in [-0.3, -0.25) is 0 Å². The highest BCUT2D eigenvalue weighted by Crippen LogP contribution is 2.34. The maximum atomic E-state index is 12.2. The first-order chi connectivity index (χ1) is 14.6. The maximum Gasteiger partial charge on any atom is 0.336 e. The minimum Gasteiger partial charge on any atom is -0.508 e. The lowest BCUT2D eigenvalue weighted by Crippen LogP contribution is -3.08. The minimum atomic E-state index is -0.379. The molecule has 2 aliphatic heterocycles. The number of quaternary nitrogens is 1. The van der Waals surface area contributed by atoms with Gasteiger partial charge in [-0.25, -0.2) is 4.79 Å². The molecule has 0 radical (unpaired) electrons. The minimum absolute atomic E-state index is 0.174. The van der Waals surface area contributed by atoms with Gasteiger partial charge in [0, 0.05) is 41.5 Å². The summed E-state index contributed by atoms with van der Waals surface area (Å²) in [6.07, 6.45) is 2.95. The lowest BCUT2D eigenvalue weighted by atomic mass is 10.0. The van der Waals surface area contributed by atoms with Crippen molar-refractivity contribution >= 4 is 11.0 Å². The number of ether oxygens (including phenoxy) is 2. The second-order valence-electron chi connectivity index (χ2n) is 8.10. The third-order valence-electron chi connectivity index (χ3n) is 6.28. The molecule has 2 aliphatic rings.